The zero-order valence-corrected chi connectivity index (χ0v) is 12.2. The molecular weight excluding hydrogens is 318 g/mol. The summed E-state index contributed by atoms with van der Waals surface area (Å²) >= 11 is 5.75. The number of esters is 1. The predicted octanol–water partition coefficient (Wildman–Crippen LogP) is 1.25. The number of amides is 3. The van der Waals surface area contributed by atoms with Crippen molar-refractivity contribution in [2.45, 2.75) is 6.92 Å². The summed E-state index contributed by atoms with van der Waals surface area (Å²) in [7, 11) is 0. The Morgan fingerprint density at radius 3 is 2.64 bits per heavy atom. The van der Waals surface area contributed by atoms with Gasteiger partial charge in [0.05, 0.1) is 15.5 Å². The number of non-ortho nitro benzene ring substituents is 1. The van der Waals surface area contributed by atoms with Crippen molar-refractivity contribution in [3.63, 3.8) is 0 Å². The van der Waals surface area contributed by atoms with E-state index in [1.807, 2.05) is 5.32 Å². The molecule has 0 aliphatic heterocycles. The maximum atomic E-state index is 11.7. The Bertz CT molecular complexity index is 619. The van der Waals surface area contributed by atoms with Gasteiger partial charge in [-0.1, -0.05) is 11.6 Å². The van der Waals surface area contributed by atoms with Crippen LogP contribution in [0.15, 0.2) is 18.2 Å². The Labute approximate surface area is 129 Å². The molecule has 1 rings (SSSR count). The highest BCUT2D eigenvalue weighted by Gasteiger charge is 2.18. The number of halogens is 1. The average Bonchev–Trinajstić information content (AvgIpc) is 2.45. The van der Waals surface area contributed by atoms with E-state index in [-0.39, 0.29) is 16.3 Å². The first-order valence-corrected chi connectivity index (χ1v) is 6.41. The first-order chi connectivity index (χ1) is 10.3. The fourth-order valence-corrected chi connectivity index (χ4v) is 1.55. The summed E-state index contributed by atoms with van der Waals surface area (Å²) < 4.78 is 4.65. The Kier molecular flexibility index (Phi) is 6.26. The SMILES string of the molecule is CCNC(=O)NC(=O)COC(=O)c1cc([N+](=O)[O-])ccc1Cl. The fraction of sp³-hybridized carbons (Fsp3) is 0.250. The van der Waals surface area contributed by atoms with Gasteiger partial charge in [-0.3, -0.25) is 20.2 Å². The minimum atomic E-state index is -1.01. The number of benzene rings is 1. The van der Waals surface area contributed by atoms with Crippen LogP contribution in [-0.2, 0) is 9.53 Å². The highest BCUT2D eigenvalue weighted by atomic mass is 35.5. The summed E-state index contributed by atoms with van der Waals surface area (Å²) in [5, 5.41) is 14.8. The second kappa shape index (κ2) is 7.93. The van der Waals surface area contributed by atoms with Crippen LogP contribution in [0.2, 0.25) is 5.02 Å². The lowest BCUT2D eigenvalue weighted by Gasteiger charge is -2.07. The van der Waals surface area contributed by atoms with Crippen LogP contribution in [0.3, 0.4) is 0 Å². The first kappa shape index (κ1) is 17.4. The summed E-state index contributed by atoms with van der Waals surface area (Å²) in [6.45, 7) is 1.26. The van der Waals surface area contributed by atoms with Crippen LogP contribution >= 0.6 is 11.6 Å². The third-order valence-corrected chi connectivity index (χ3v) is 2.63. The van der Waals surface area contributed by atoms with Crippen LogP contribution in [0, 0.1) is 10.1 Å². The van der Waals surface area contributed by atoms with Gasteiger partial charge in [-0.25, -0.2) is 9.59 Å². The van der Waals surface area contributed by atoms with Gasteiger partial charge in [-0.15, -0.1) is 0 Å². The van der Waals surface area contributed by atoms with Crippen molar-refractivity contribution < 1.29 is 24.0 Å². The second-order valence-electron chi connectivity index (χ2n) is 3.91. The van der Waals surface area contributed by atoms with Gasteiger partial charge in [0.25, 0.3) is 11.6 Å². The van der Waals surface area contributed by atoms with Crippen molar-refractivity contribution in [2.75, 3.05) is 13.2 Å². The maximum absolute atomic E-state index is 11.7. The number of nitro benzene ring substituents is 1. The third kappa shape index (κ3) is 5.02. The predicted molar refractivity (Wildman–Crippen MR) is 75.6 cm³/mol. The Hall–Kier alpha value is -2.68. The molecule has 0 atom stereocenters. The number of hydrogen-bond donors (Lipinski definition) is 2. The van der Waals surface area contributed by atoms with Crippen LogP contribution < -0.4 is 10.6 Å². The van der Waals surface area contributed by atoms with E-state index in [9.17, 15) is 24.5 Å². The number of urea groups is 1. The summed E-state index contributed by atoms with van der Waals surface area (Å²) in [6, 6.07) is 2.51. The van der Waals surface area contributed by atoms with Crippen molar-refractivity contribution in [2.24, 2.45) is 0 Å². The van der Waals surface area contributed by atoms with Gasteiger partial charge in [0, 0.05) is 18.7 Å². The molecule has 0 aliphatic carbocycles. The molecule has 1 aromatic rings. The molecule has 10 heteroatoms. The van der Waals surface area contributed by atoms with Crippen molar-refractivity contribution in [3.05, 3.63) is 38.9 Å². The van der Waals surface area contributed by atoms with E-state index in [0.29, 0.717) is 6.54 Å². The molecule has 2 N–H and O–H groups in total. The molecule has 118 valence electrons. The first-order valence-electron chi connectivity index (χ1n) is 6.04. The number of carbonyl (C=O) groups excluding carboxylic acids is 3. The van der Waals surface area contributed by atoms with Crippen LogP contribution in [0.5, 0.6) is 0 Å². The topological polar surface area (TPSA) is 128 Å². The second-order valence-corrected chi connectivity index (χ2v) is 4.31. The molecule has 0 heterocycles. The van der Waals surface area contributed by atoms with E-state index in [1.165, 1.54) is 6.07 Å². The molecule has 0 bridgehead atoms. The third-order valence-electron chi connectivity index (χ3n) is 2.31. The van der Waals surface area contributed by atoms with E-state index in [1.54, 1.807) is 6.92 Å². The minimum Gasteiger partial charge on any atom is -0.452 e. The highest BCUT2D eigenvalue weighted by Crippen LogP contribution is 2.22. The molecule has 0 spiro atoms. The number of carbonyl (C=O) groups is 3. The van der Waals surface area contributed by atoms with Crippen molar-refractivity contribution >= 4 is 35.2 Å². The Morgan fingerprint density at radius 2 is 2.05 bits per heavy atom. The number of imide groups is 1. The number of hydrogen-bond acceptors (Lipinski definition) is 6. The van der Waals surface area contributed by atoms with Gasteiger partial charge in [-0.05, 0) is 13.0 Å². The van der Waals surface area contributed by atoms with Gasteiger partial charge in [0.2, 0.25) is 0 Å². The van der Waals surface area contributed by atoms with Crippen LogP contribution in [0.1, 0.15) is 17.3 Å². The normalized spacial score (nSPS) is 9.73. The molecule has 0 aliphatic rings. The zero-order valence-electron chi connectivity index (χ0n) is 11.4. The van der Waals surface area contributed by atoms with Crippen molar-refractivity contribution in [1.29, 1.82) is 0 Å². The van der Waals surface area contributed by atoms with Gasteiger partial charge in [-0.2, -0.15) is 0 Å². The minimum absolute atomic E-state index is 0.0558. The largest absolute Gasteiger partial charge is 0.452 e. The molecule has 0 fully saturated rings. The lowest BCUT2D eigenvalue weighted by atomic mass is 10.2. The molecule has 0 unspecified atom stereocenters. The van der Waals surface area contributed by atoms with E-state index in [2.05, 4.69) is 10.1 Å². The molecular formula is C12H12ClN3O6. The van der Waals surface area contributed by atoms with Gasteiger partial charge in [0.1, 0.15) is 0 Å². The smallest absolute Gasteiger partial charge is 0.340 e. The quantitative estimate of drug-likeness (QED) is 0.475. The maximum Gasteiger partial charge on any atom is 0.340 e. The van der Waals surface area contributed by atoms with E-state index >= 15 is 0 Å². The Morgan fingerprint density at radius 1 is 1.36 bits per heavy atom. The molecule has 0 saturated heterocycles. The van der Waals surface area contributed by atoms with Crippen LogP contribution in [0.25, 0.3) is 0 Å². The van der Waals surface area contributed by atoms with E-state index < -0.39 is 29.4 Å². The fourth-order valence-electron chi connectivity index (χ4n) is 1.36. The number of ether oxygens (including phenoxy) is 1. The standard InChI is InChI=1S/C12H12ClN3O6/c1-2-14-12(19)15-10(17)6-22-11(18)8-5-7(16(20)21)3-4-9(8)13/h3-5H,2,6H2,1H3,(H2,14,15,17,19). The molecule has 9 nitrogen and oxygen atoms in total. The monoisotopic (exact) mass is 329 g/mol. The summed E-state index contributed by atoms with van der Waals surface area (Å²) in [5.41, 5.74) is -0.593. The van der Waals surface area contributed by atoms with Gasteiger partial charge in [0.15, 0.2) is 6.61 Å². The molecule has 1 aromatic carbocycles. The van der Waals surface area contributed by atoms with Gasteiger partial charge < -0.3 is 10.1 Å². The molecule has 0 aromatic heterocycles. The summed E-state index contributed by atoms with van der Waals surface area (Å²) in [4.78, 5) is 44.1. The molecule has 3 amide bonds. The molecule has 0 radical (unpaired) electrons. The van der Waals surface area contributed by atoms with Gasteiger partial charge >= 0.3 is 12.0 Å². The number of nitrogens with one attached hydrogen (secondary N) is 2. The lowest BCUT2D eigenvalue weighted by Crippen LogP contribution is -2.41. The number of rotatable bonds is 5. The zero-order chi connectivity index (χ0) is 16.7. The van der Waals surface area contributed by atoms with Crippen LogP contribution in [0.4, 0.5) is 10.5 Å². The highest BCUT2D eigenvalue weighted by molar-refractivity contribution is 6.33. The van der Waals surface area contributed by atoms with E-state index in [0.717, 1.165) is 12.1 Å². The number of nitro groups is 1. The molecule has 22 heavy (non-hydrogen) atoms. The lowest BCUT2D eigenvalue weighted by molar-refractivity contribution is -0.384. The summed E-state index contributed by atoms with van der Waals surface area (Å²) in [6.07, 6.45) is 0. The molecule has 0 saturated carbocycles. The van der Waals surface area contributed by atoms with Crippen LogP contribution in [-0.4, -0.2) is 36.0 Å². The van der Waals surface area contributed by atoms with E-state index in [4.69, 9.17) is 11.6 Å². The van der Waals surface area contributed by atoms with Crippen molar-refractivity contribution in [1.82, 2.24) is 10.6 Å². The van der Waals surface area contributed by atoms with Crippen molar-refractivity contribution in [3.8, 4) is 0 Å². The average molecular weight is 330 g/mol. The number of nitrogens with zero attached hydrogens (tertiary/aromatic N) is 1. The summed E-state index contributed by atoms with van der Waals surface area (Å²) in [5.74, 6) is -1.86. The Balaban J connectivity index is 2.66.